The molecular formula is C18H33N7O. The van der Waals surface area contributed by atoms with E-state index in [4.69, 9.17) is 4.74 Å². The summed E-state index contributed by atoms with van der Waals surface area (Å²) in [5.74, 6) is 2.92. The van der Waals surface area contributed by atoms with Crippen molar-refractivity contribution < 1.29 is 4.74 Å². The van der Waals surface area contributed by atoms with Gasteiger partial charge in [-0.05, 0) is 26.7 Å². The Morgan fingerprint density at radius 1 is 1.12 bits per heavy atom. The Bertz CT molecular complexity index is 605. The summed E-state index contributed by atoms with van der Waals surface area (Å²) in [6.45, 7) is 10.6. The van der Waals surface area contributed by atoms with Gasteiger partial charge in [0.05, 0.1) is 19.8 Å². The standard InChI is InChI=1S/C18H33N7O/c1-18(2,24-9-11-26-12-10-24)14-21-17(19-3)20-13-16-23-22-15-7-5-4-6-8-25(15)16/h4-14H2,1-3H3,(H2,19,20,21). The van der Waals surface area contributed by atoms with Crippen molar-refractivity contribution >= 4 is 5.96 Å². The lowest BCUT2D eigenvalue weighted by atomic mass is 10.0. The first-order chi connectivity index (χ1) is 12.6. The molecule has 2 aliphatic heterocycles. The van der Waals surface area contributed by atoms with Crippen molar-refractivity contribution in [3.63, 3.8) is 0 Å². The third-order valence-corrected chi connectivity index (χ3v) is 5.38. The number of fused-ring (bicyclic) bond motifs is 1. The highest BCUT2D eigenvalue weighted by Crippen LogP contribution is 2.15. The molecule has 0 radical (unpaired) electrons. The van der Waals surface area contributed by atoms with E-state index in [2.05, 4.69) is 49.1 Å². The predicted octanol–water partition coefficient (Wildman–Crippen LogP) is 0.780. The largest absolute Gasteiger partial charge is 0.379 e. The number of hydrogen-bond acceptors (Lipinski definition) is 5. The molecule has 3 heterocycles. The summed E-state index contributed by atoms with van der Waals surface area (Å²) in [6.07, 6.45) is 4.73. The minimum atomic E-state index is 0.0490. The van der Waals surface area contributed by atoms with Gasteiger partial charge in [0.1, 0.15) is 5.82 Å². The summed E-state index contributed by atoms with van der Waals surface area (Å²) in [7, 11) is 1.81. The van der Waals surface area contributed by atoms with Gasteiger partial charge in [-0.25, -0.2) is 0 Å². The van der Waals surface area contributed by atoms with E-state index in [1.165, 1.54) is 19.3 Å². The maximum Gasteiger partial charge on any atom is 0.191 e. The number of nitrogens with one attached hydrogen (secondary N) is 2. The maximum absolute atomic E-state index is 5.46. The lowest BCUT2D eigenvalue weighted by Gasteiger charge is -2.41. The molecule has 2 aliphatic rings. The molecule has 146 valence electrons. The summed E-state index contributed by atoms with van der Waals surface area (Å²) < 4.78 is 7.73. The molecule has 0 unspecified atom stereocenters. The third kappa shape index (κ3) is 4.73. The maximum atomic E-state index is 5.46. The van der Waals surface area contributed by atoms with E-state index >= 15 is 0 Å². The highest BCUT2D eigenvalue weighted by atomic mass is 16.5. The van der Waals surface area contributed by atoms with Crippen molar-refractivity contribution in [1.82, 2.24) is 30.3 Å². The van der Waals surface area contributed by atoms with Crippen LogP contribution in [0.15, 0.2) is 4.99 Å². The molecule has 0 amide bonds. The Morgan fingerprint density at radius 3 is 2.69 bits per heavy atom. The van der Waals surface area contributed by atoms with Crippen molar-refractivity contribution in [2.24, 2.45) is 4.99 Å². The number of aromatic nitrogens is 3. The molecule has 1 saturated heterocycles. The quantitative estimate of drug-likeness (QED) is 0.595. The molecule has 0 aromatic carbocycles. The van der Waals surface area contributed by atoms with E-state index in [0.29, 0.717) is 6.54 Å². The van der Waals surface area contributed by atoms with Gasteiger partial charge in [0, 0.05) is 45.2 Å². The van der Waals surface area contributed by atoms with Gasteiger partial charge in [-0.15, -0.1) is 10.2 Å². The topological polar surface area (TPSA) is 79.6 Å². The SMILES string of the molecule is CN=C(NCc1nnc2n1CCCCC2)NCC(C)(C)N1CCOCC1. The molecule has 1 aromatic heterocycles. The van der Waals surface area contributed by atoms with Gasteiger partial charge in [0.15, 0.2) is 11.8 Å². The number of nitrogens with zero attached hydrogens (tertiary/aromatic N) is 5. The number of ether oxygens (including phenoxy) is 1. The molecule has 26 heavy (non-hydrogen) atoms. The van der Waals surface area contributed by atoms with E-state index in [0.717, 1.165) is 63.4 Å². The zero-order chi connectivity index (χ0) is 18.4. The van der Waals surface area contributed by atoms with Crippen molar-refractivity contribution in [2.45, 2.75) is 58.2 Å². The van der Waals surface area contributed by atoms with E-state index in [-0.39, 0.29) is 5.54 Å². The Morgan fingerprint density at radius 2 is 1.92 bits per heavy atom. The second-order valence-electron chi connectivity index (χ2n) is 7.69. The average Bonchev–Trinajstić information content (AvgIpc) is 2.89. The third-order valence-electron chi connectivity index (χ3n) is 5.38. The highest BCUT2D eigenvalue weighted by Gasteiger charge is 2.28. The fourth-order valence-electron chi connectivity index (χ4n) is 3.64. The number of guanidine groups is 1. The van der Waals surface area contributed by atoms with Crippen LogP contribution >= 0.6 is 0 Å². The molecular weight excluding hydrogens is 330 g/mol. The Labute approximate surface area is 156 Å². The molecule has 3 rings (SSSR count). The molecule has 0 aliphatic carbocycles. The monoisotopic (exact) mass is 363 g/mol. The Hall–Kier alpha value is -1.67. The first kappa shape index (κ1) is 19.1. The van der Waals surface area contributed by atoms with Gasteiger partial charge in [-0.2, -0.15) is 0 Å². The van der Waals surface area contributed by atoms with Crippen LogP contribution in [0.2, 0.25) is 0 Å². The average molecular weight is 364 g/mol. The van der Waals surface area contributed by atoms with Crippen LogP contribution in [0.3, 0.4) is 0 Å². The molecule has 0 bridgehead atoms. The second-order valence-corrected chi connectivity index (χ2v) is 7.69. The van der Waals surface area contributed by atoms with Crippen LogP contribution in [0.25, 0.3) is 0 Å². The van der Waals surface area contributed by atoms with Gasteiger partial charge < -0.3 is 19.9 Å². The van der Waals surface area contributed by atoms with Crippen LogP contribution in [0.5, 0.6) is 0 Å². The number of aliphatic imine (C=N–C) groups is 1. The lowest BCUT2D eigenvalue weighted by Crippen LogP contribution is -2.56. The lowest BCUT2D eigenvalue weighted by molar-refractivity contribution is -0.00834. The summed E-state index contributed by atoms with van der Waals surface area (Å²) in [5, 5.41) is 15.6. The number of hydrogen-bond donors (Lipinski definition) is 2. The van der Waals surface area contributed by atoms with Gasteiger partial charge in [0.2, 0.25) is 0 Å². The highest BCUT2D eigenvalue weighted by molar-refractivity contribution is 5.79. The van der Waals surface area contributed by atoms with Crippen LogP contribution in [0, 0.1) is 0 Å². The fraction of sp³-hybridized carbons (Fsp3) is 0.833. The number of aryl methyl sites for hydroxylation is 1. The second kappa shape index (κ2) is 8.81. The van der Waals surface area contributed by atoms with Crippen molar-refractivity contribution in [2.75, 3.05) is 39.9 Å². The summed E-state index contributed by atoms with van der Waals surface area (Å²) >= 11 is 0. The van der Waals surface area contributed by atoms with Crippen LogP contribution in [0.1, 0.15) is 44.8 Å². The normalized spacial score (nSPS) is 19.7. The van der Waals surface area contributed by atoms with Gasteiger partial charge >= 0.3 is 0 Å². The zero-order valence-electron chi connectivity index (χ0n) is 16.4. The molecule has 2 N–H and O–H groups in total. The van der Waals surface area contributed by atoms with Crippen LogP contribution in [0.4, 0.5) is 0 Å². The minimum absolute atomic E-state index is 0.0490. The Kier molecular flexibility index (Phi) is 6.48. The smallest absolute Gasteiger partial charge is 0.191 e. The van der Waals surface area contributed by atoms with Gasteiger partial charge in [0.25, 0.3) is 0 Å². The number of morpholine rings is 1. The molecule has 0 spiro atoms. The first-order valence-corrected chi connectivity index (χ1v) is 9.78. The predicted molar refractivity (Wildman–Crippen MR) is 102 cm³/mol. The van der Waals surface area contributed by atoms with Gasteiger partial charge in [-0.1, -0.05) is 6.42 Å². The van der Waals surface area contributed by atoms with Crippen LogP contribution in [-0.4, -0.2) is 71.1 Å². The Balaban J connectivity index is 1.51. The summed E-state index contributed by atoms with van der Waals surface area (Å²) in [4.78, 5) is 6.83. The van der Waals surface area contributed by atoms with Crippen LogP contribution < -0.4 is 10.6 Å². The minimum Gasteiger partial charge on any atom is -0.379 e. The van der Waals surface area contributed by atoms with Gasteiger partial charge in [-0.3, -0.25) is 9.89 Å². The molecule has 8 nitrogen and oxygen atoms in total. The molecule has 0 atom stereocenters. The fourth-order valence-corrected chi connectivity index (χ4v) is 3.64. The molecule has 1 fully saturated rings. The molecule has 1 aromatic rings. The van der Waals surface area contributed by atoms with E-state index in [1.54, 1.807) is 7.05 Å². The summed E-state index contributed by atoms with van der Waals surface area (Å²) in [6, 6.07) is 0. The molecule has 0 saturated carbocycles. The van der Waals surface area contributed by atoms with E-state index in [9.17, 15) is 0 Å². The van der Waals surface area contributed by atoms with Crippen molar-refractivity contribution in [1.29, 1.82) is 0 Å². The van der Waals surface area contributed by atoms with E-state index < -0.39 is 0 Å². The summed E-state index contributed by atoms with van der Waals surface area (Å²) in [5.41, 5.74) is 0.0490. The van der Waals surface area contributed by atoms with Crippen molar-refractivity contribution in [3.05, 3.63) is 11.6 Å². The number of rotatable bonds is 5. The molecule has 8 heteroatoms. The van der Waals surface area contributed by atoms with Crippen LogP contribution in [-0.2, 0) is 24.2 Å². The van der Waals surface area contributed by atoms with E-state index in [1.807, 2.05) is 0 Å². The van der Waals surface area contributed by atoms with Crippen molar-refractivity contribution in [3.8, 4) is 0 Å². The first-order valence-electron chi connectivity index (χ1n) is 9.78. The zero-order valence-corrected chi connectivity index (χ0v) is 16.4.